The number of para-hydroxylation sites is 1. The number of rotatable bonds is 6. The first-order valence-electron chi connectivity index (χ1n) is 11.0. The van der Waals surface area contributed by atoms with Gasteiger partial charge in [-0.3, -0.25) is 4.79 Å². The molecule has 1 aromatic heterocycles. The van der Waals surface area contributed by atoms with Gasteiger partial charge in [0.05, 0.1) is 5.75 Å². The van der Waals surface area contributed by atoms with E-state index >= 15 is 0 Å². The Morgan fingerprint density at radius 2 is 1.82 bits per heavy atom. The second-order valence-electron chi connectivity index (χ2n) is 8.26. The lowest BCUT2D eigenvalue weighted by Gasteiger charge is -2.19. The van der Waals surface area contributed by atoms with E-state index in [1.807, 2.05) is 24.3 Å². The molecule has 1 aliphatic rings. The van der Waals surface area contributed by atoms with Gasteiger partial charge in [-0.15, -0.1) is 11.8 Å². The minimum atomic E-state index is -0.0527. The molecule has 0 atom stereocenters. The normalized spacial score (nSPS) is 12.7. The fraction of sp³-hybridized carbons (Fsp3) is 0.222. The highest BCUT2D eigenvalue weighted by Crippen LogP contribution is 2.33. The zero-order valence-electron chi connectivity index (χ0n) is 18.8. The number of hydrogen-bond donors (Lipinski definition) is 1. The van der Waals surface area contributed by atoms with Gasteiger partial charge in [0, 0.05) is 40.3 Å². The SMILES string of the molecule is Cc1ccc(C)c(Cn2cc(SCC(=O)Nc3ccc4c(c3)OCCO4)c3ccccc32)c1. The number of carbonyl (C=O) groups is 1. The third-order valence-corrected chi connectivity index (χ3v) is 6.82. The predicted octanol–water partition coefficient (Wildman–Crippen LogP) is 5.81. The number of hydrogen-bond acceptors (Lipinski definition) is 4. The number of anilines is 1. The third kappa shape index (κ3) is 4.71. The Balaban J connectivity index is 1.31. The molecule has 5 nitrogen and oxygen atoms in total. The Morgan fingerprint density at radius 1 is 1.00 bits per heavy atom. The van der Waals surface area contributed by atoms with Crippen LogP contribution in [0.25, 0.3) is 10.9 Å². The number of fused-ring (bicyclic) bond motifs is 2. The quantitative estimate of drug-likeness (QED) is 0.371. The number of thioether (sulfide) groups is 1. The van der Waals surface area contributed by atoms with Crippen LogP contribution in [-0.2, 0) is 11.3 Å². The van der Waals surface area contributed by atoms with Crippen LogP contribution in [0.5, 0.6) is 11.5 Å². The van der Waals surface area contributed by atoms with Crippen molar-refractivity contribution in [2.75, 3.05) is 24.3 Å². The van der Waals surface area contributed by atoms with E-state index < -0.39 is 0 Å². The maximum atomic E-state index is 12.7. The second kappa shape index (κ2) is 9.24. The highest BCUT2D eigenvalue weighted by atomic mass is 32.2. The first-order chi connectivity index (χ1) is 16.1. The summed E-state index contributed by atoms with van der Waals surface area (Å²) in [5.41, 5.74) is 5.74. The molecule has 0 unspecified atom stereocenters. The molecule has 0 radical (unpaired) electrons. The molecule has 6 heteroatoms. The molecule has 2 heterocycles. The lowest BCUT2D eigenvalue weighted by molar-refractivity contribution is -0.113. The molecule has 4 aromatic rings. The van der Waals surface area contributed by atoms with Gasteiger partial charge in [-0.25, -0.2) is 0 Å². The standard InChI is InChI=1S/C27H26N2O3S/c1-18-7-8-19(2)20(13-18)15-29-16-26(22-5-3-4-6-23(22)29)33-17-27(30)28-21-9-10-24-25(14-21)32-12-11-31-24/h3-10,13-14,16H,11-12,15,17H2,1-2H3,(H,28,30). The van der Waals surface area contributed by atoms with Crippen LogP contribution in [0.15, 0.2) is 71.8 Å². The number of amides is 1. The van der Waals surface area contributed by atoms with E-state index in [1.54, 1.807) is 11.8 Å². The Kier molecular flexibility index (Phi) is 6.01. The highest BCUT2D eigenvalue weighted by molar-refractivity contribution is 8.00. The smallest absolute Gasteiger partial charge is 0.234 e. The summed E-state index contributed by atoms with van der Waals surface area (Å²) in [5.74, 6) is 1.65. The summed E-state index contributed by atoms with van der Waals surface area (Å²) in [7, 11) is 0. The first kappa shape index (κ1) is 21.5. The summed E-state index contributed by atoms with van der Waals surface area (Å²) in [6.45, 7) is 6.15. The molecule has 33 heavy (non-hydrogen) atoms. The maximum Gasteiger partial charge on any atom is 0.234 e. The molecule has 5 rings (SSSR count). The molecular weight excluding hydrogens is 432 g/mol. The molecule has 0 fully saturated rings. The maximum absolute atomic E-state index is 12.7. The van der Waals surface area contributed by atoms with Crippen molar-refractivity contribution >= 4 is 34.3 Å². The van der Waals surface area contributed by atoms with Gasteiger partial charge in [0.1, 0.15) is 13.2 Å². The van der Waals surface area contributed by atoms with Gasteiger partial charge in [-0.2, -0.15) is 0 Å². The van der Waals surface area contributed by atoms with Crippen molar-refractivity contribution in [2.24, 2.45) is 0 Å². The number of nitrogens with zero attached hydrogens (tertiary/aromatic N) is 1. The van der Waals surface area contributed by atoms with Crippen molar-refractivity contribution in [1.82, 2.24) is 4.57 Å². The number of ether oxygens (including phenoxy) is 2. The van der Waals surface area contributed by atoms with Gasteiger partial charge in [0.15, 0.2) is 11.5 Å². The van der Waals surface area contributed by atoms with Gasteiger partial charge in [-0.05, 0) is 43.2 Å². The van der Waals surface area contributed by atoms with E-state index in [-0.39, 0.29) is 5.91 Å². The summed E-state index contributed by atoms with van der Waals surface area (Å²) in [6.07, 6.45) is 2.16. The summed E-state index contributed by atoms with van der Waals surface area (Å²) in [6, 6.07) is 20.4. The summed E-state index contributed by atoms with van der Waals surface area (Å²) in [4.78, 5) is 13.8. The first-order valence-corrected chi connectivity index (χ1v) is 12.0. The van der Waals surface area contributed by atoms with Crippen LogP contribution in [0.1, 0.15) is 16.7 Å². The Labute approximate surface area is 197 Å². The van der Waals surface area contributed by atoms with Gasteiger partial charge < -0.3 is 19.4 Å². The Morgan fingerprint density at radius 3 is 2.70 bits per heavy atom. The van der Waals surface area contributed by atoms with Crippen LogP contribution < -0.4 is 14.8 Å². The molecule has 0 bridgehead atoms. The lowest BCUT2D eigenvalue weighted by atomic mass is 10.1. The fourth-order valence-electron chi connectivity index (χ4n) is 4.07. The molecule has 1 N–H and O–H groups in total. The molecule has 1 amide bonds. The average molecular weight is 459 g/mol. The number of carbonyl (C=O) groups excluding carboxylic acids is 1. The molecule has 168 valence electrons. The third-order valence-electron chi connectivity index (χ3n) is 5.78. The number of nitrogens with one attached hydrogen (secondary N) is 1. The lowest BCUT2D eigenvalue weighted by Crippen LogP contribution is -2.17. The van der Waals surface area contributed by atoms with Gasteiger partial charge >= 0.3 is 0 Å². The zero-order valence-corrected chi connectivity index (χ0v) is 19.6. The van der Waals surface area contributed by atoms with Crippen LogP contribution in [-0.4, -0.2) is 29.4 Å². The van der Waals surface area contributed by atoms with E-state index in [2.05, 4.69) is 66.3 Å². The largest absolute Gasteiger partial charge is 0.486 e. The second-order valence-corrected chi connectivity index (χ2v) is 9.28. The molecular formula is C27H26N2O3S. The molecule has 3 aromatic carbocycles. The van der Waals surface area contributed by atoms with E-state index in [0.717, 1.165) is 11.4 Å². The molecule has 0 saturated carbocycles. The van der Waals surface area contributed by atoms with Gasteiger partial charge in [0.2, 0.25) is 5.91 Å². The van der Waals surface area contributed by atoms with Crippen molar-refractivity contribution in [3.05, 3.63) is 83.6 Å². The predicted molar refractivity (Wildman–Crippen MR) is 134 cm³/mol. The van der Waals surface area contributed by atoms with E-state index in [1.165, 1.54) is 27.6 Å². The van der Waals surface area contributed by atoms with Crippen LogP contribution in [0.4, 0.5) is 5.69 Å². The van der Waals surface area contributed by atoms with E-state index in [4.69, 9.17) is 9.47 Å². The molecule has 0 spiro atoms. The van der Waals surface area contributed by atoms with Crippen molar-refractivity contribution in [1.29, 1.82) is 0 Å². The monoisotopic (exact) mass is 458 g/mol. The number of aromatic nitrogens is 1. The van der Waals surface area contributed by atoms with Crippen molar-refractivity contribution in [3.63, 3.8) is 0 Å². The summed E-state index contributed by atoms with van der Waals surface area (Å²) >= 11 is 1.56. The molecule has 0 saturated heterocycles. The highest BCUT2D eigenvalue weighted by Gasteiger charge is 2.15. The topological polar surface area (TPSA) is 52.5 Å². The minimum absolute atomic E-state index is 0.0527. The summed E-state index contributed by atoms with van der Waals surface area (Å²) in [5, 5.41) is 4.14. The van der Waals surface area contributed by atoms with Crippen LogP contribution in [0, 0.1) is 13.8 Å². The van der Waals surface area contributed by atoms with Gasteiger partial charge in [-0.1, -0.05) is 42.0 Å². The molecule has 1 aliphatic heterocycles. The van der Waals surface area contributed by atoms with Crippen LogP contribution in [0.3, 0.4) is 0 Å². The van der Waals surface area contributed by atoms with E-state index in [9.17, 15) is 4.79 Å². The minimum Gasteiger partial charge on any atom is -0.486 e. The van der Waals surface area contributed by atoms with Crippen molar-refractivity contribution in [3.8, 4) is 11.5 Å². The average Bonchev–Trinajstić information content (AvgIpc) is 3.17. The Hall–Kier alpha value is -3.38. The number of aryl methyl sites for hydroxylation is 2. The number of benzene rings is 3. The fourth-order valence-corrected chi connectivity index (χ4v) is 4.96. The zero-order chi connectivity index (χ0) is 22.8. The summed E-state index contributed by atoms with van der Waals surface area (Å²) < 4.78 is 13.4. The Bertz CT molecular complexity index is 1330. The van der Waals surface area contributed by atoms with E-state index in [0.29, 0.717) is 36.2 Å². The molecule has 0 aliphatic carbocycles. The van der Waals surface area contributed by atoms with Crippen LogP contribution in [0.2, 0.25) is 0 Å². The van der Waals surface area contributed by atoms with Gasteiger partial charge in [0.25, 0.3) is 0 Å². The van der Waals surface area contributed by atoms with Crippen molar-refractivity contribution < 1.29 is 14.3 Å². The van der Waals surface area contributed by atoms with Crippen LogP contribution >= 0.6 is 11.8 Å². The van der Waals surface area contributed by atoms with Crippen molar-refractivity contribution in [2.45, 2.75) is 25.3 Å².